The van der Waals surface area contributed by atoms with Crippen molar-refractivity contribution in [2.75, 3.05) is 13.2 Å². The van der Waals surface area contributed by atoms with Crippen molar-refractivity contribution < 1.29 is 29.2 Å². The van der Waals surface area contributed by atoms with Gasteiger partial charge >= 0.3 is 0 Å². The van der Waals surface area contributed by atoms with E-state index in [1.54, 1.807) is 20.8 Å². The molecular weight excluding hydrogens is 689 g/mol. The van der Waals surface area contributed by atoms with Crippen LogP contribution in [-0.4, -0.2) is 47.2 Å². The molecule has 306 valence electrons. The van der Waals surface area contributed by atoms with E-state index in [-0.39, 0.29) is 30.6 Å². The fraction of sp³-hybridized carbons (Fsp3) is 0.574. The van der Waals surface area contributed by atoms with E-state index in [9.17, 15) is 9.59 Å². The van der Waals surface area contributed by atoms with Gasteiger partial charge in [-0.15, -0.1) is 0 Å². The molecule has 0 aliphatic heterocycles. The zero-order chi connectivity index (χ0) is 41.0. The maximum atomic E-state index is 14.2. The lowest BCUT2D eigenvalue weighted by molar-refractivity contribution is -0.306. The predicted molar refractivity (Wildman–Crippen MR) is 226 cm³/mol. The van der Waals surface area contributed by atoms with Crippen molar-refractivity contribution >= 4 is 11.6 Å². The standard InChI is InChI=1S/C43H62N2O4.C4H10O2/c1-8-10-27-49-38-24-22-36(23-25-38)39(42(47)37-18-14-15-31(3)19-21-37)26-20-32(4)35(9-2)28-41(46)40(45-33(5)43(6,7)44)30-48-29-34-16-12-11-13-17-34;1-4(2,3)6-5/h9,11-13,16-17,20,22-25,31,37,39-40,45H,5,8,10,14-15,18-19,21,26-30,44H2,1-4,6-7H3;5H,1-3H3/b32-20-,35-9-;/t31?,37-,39?,40-;/m1./s1. The maximum absolute atomic E-state index is 14.2. The smallest absolute Gasteiger partial charge is 0.161 e. The van der Waals surface area contributed by atoms with Crippen LogP contribution in [0.3, 0.4) is 0 Å². The van der Waals surface area contributed by atoms with E-state index >= 15 is 0 Å². The first kappa shape index (κ1) is 47.6. The highest BCUT2D eigenvalue weighted by Gasteiger charge is 2.30. The highest BCUT2D eigenvalue weighted by Crippen LogP contribution is 2.35. The van der Waals surface area contributed by atoms with Gasteiger partial charge in [-0.05, 0) is 109 Å². The number of nitrogens with one attached hydrogen (secondary N) is 1. The fourth-order valence-corrected chi connectivity index (χ4v) is 6.29. The van der Waals surface area contributed by atoms with E-state index in [0.717, 1.165) is 66.5 Å². The van der Waals surface area contributed by atoms with Crippen molar-refractivity contribution in [1.29, 1.82) is 0 Å². The lowest BCUT2D eigenvalue weighted by Crippen LogP contribution is -2.48. The molecule has 8 heteroatoms. The van der Waals surface area contributed by atoms with Gasteiger partial charge in [0.25, 0.3) is 0 Å². The molecule has 2 aromatic rings. The van der Waals surface area contributed by atoms with Crippen LogP contribution >= 0.6 is 0 Å². The summed E-state index contributed by atoms with van der Waals surface area (Å²) in [6.45, 7) is 22.9. The number of allylic oxidation sites excluding steroid dienone is 4. The number of ether oxygens (including phenoxy) is 2. The minimum Gasteiger partial charge on any atom is -0.494 e. The van der Waals surface area contributed by atoms with Gasteiger partial charge < -0.3 is 20.5 Å². The second kappa shape index (κ2) is 24.2. The Bertz CT molecular complexity index is 1500. The van der Waals surface area contributed by atoms with E-state index in [2.05, 4.69) is 48.8 Å². The van der Waals surface area contributed by atoms with Gasteiger partial charge in [0.15, 0.2) is 5.78 Å². The Morgan fingerprint density at radius 3 is 2.25 bits per heavy atom. The van der Waals surface area contributed by atoms with Gasteiger partial charge in [0.1, 0.15) is 17.6 Å². The summed E-state index contributed by atoms with van der Waals surface area (Å²) in [5.74, 6) is 1.67. The molecule has 1 fully saturated rings. The van der Waals surface area contributed by atoms with Crippen molar-refractivity contribution in [3.8, 4) is 5.75 Å². The molecule has 2 unspecified atom stereocenters. The van der Waals surface area contributed by atoms with Crippen LogP contribution in [0.2, 0.25) is 0 Å². The molecule has 1 aliphatic carbocycles. The minimum atomic E-state index is -0.700. The first-order valence-corrected chi connectivity index (χ1v) is 20.3. The number of unbranched alkanes of at least 4 members (excludes halogenated alkanes) is 1. The van der Waals surface area contributed by atoms with Crippen LogP contribution in [0.1, 0.15) is 137 Å². The van der Waals surface area contributed by atoms with E-state index in [0.29, 0.717) is 37.0 Å². The van der Waals surface area contributed by atoms with Gasteiger partial charge in [0.05, 0.1) is 25.4 Å². The number of carbonyl (C=O) groups is 2. The molecule has 0 heterocycles. The summed E-state index contributed by atoms with van der Waals surface area (Å²) in [5, 5.41) is 11.2. The Balaban J connectivity index is 0.00000161. The quantitative estimate of drug-likeness (QED) is 0.0401. The summed E-state index contributed by atoms with van der Waals surface area (Å²) in [6, 6.07) is 17.4. The summed E-state index contributed by atoms with van der Waals surface area (Å²) in [5.41, 5.74) is 9.78. The summed E-state index contributed by atoms with van der Waals surface area (Å²) < 4.78 is 11.9. The molecule has 3 rings (SSSR count). The molecule has 0 radical (unpaired) electrons. The lowest BCUT2D eigenvalue weighted by Gasteiger charge is -2.28. The zero-order valence-electron chi connectivity index (χ0n) is 35.4. The van der Waals surface area contributed by atoms with Gasteiger partial charge in [0, 0.05) is 29.5 Å². The summed E-state index contributed by atoms with van der Waals surface area (Å²) in [4.78, 5) is 32.0. The lowest BCUT2D eigenvalue weighted by atomic mass is 9.81. The van der Waals surface area contributed by atoms with Crippen molar-refractivity contribution in [3.63, 3.8) is 0 Å². The van der Waals surface area contributed by atoms with Gasteiger partial charge in [-0.3, -0.25) is 14.8 Å². The summed E-state index contributed by atoms with van der Waals surface area (Å²) >= 11 is 0. The third-order valence-electron chi connectivity index (χ3n) is 10.1. The molecule has 1 saturated carbocycles. The average molecular weight is 761 g/mol. The molecule has 2 aromatic carbocycles. The number of nitrogens with two attached hydrogens (primary N) is 1. The molecule has 0 aromatic heterocycles. The fourth-order valence-electron chi connectivity index (χ4n) is 6.29. The Labute approximate surface area is 332 Å². The molecule has 55 heavy (non-hydrogen) atoms. The number of hydrogen-bond acceptors (Lipinski definition) is 8. The predicted octanol–water partition coefficient (Wildman–Crippen LogP) is 10.7. The van der Waals surface area contributed by atoms with Crippen LogP contribution in [0, 0.1) is 11.8 Å². The molecule has 4 N–H and O–H groups in total. The van der Waals surface area contributed by atoms with E-state index in [1.165, 1.54) is 6.42 Å². The zero-order valence-corrected chi connectivity index (χ0v) is 35.4. The molecule has 0 amide bonds. The number of ketones is 2. The van der Waals surface area contributed by atoms with Crippen molar-refractivity contribution in [3.05, 3.63) is 101 Å². The van der Waals surface area contributed by atoms with Gasteiger partial charge in [0.2, 0.25) is 0 Å². The van der Waals surface area contributed by atoms with Crippen molar-refractivity contribution in [2.45, 2.75) is 150 Å². The van der Waals surface area contributed by atoms with Crippen molar-refractivity contribution in [1.82, 2.24) is 5.32 Å². The van der Waals surface area contributed by atoms with E-state index in [4.69, 9.17) is 20.5 Å². The molecule has 1 aliphatic rings. The second-order valence-corrected chi connectivity index (χ2v) is 16.7. The topological polar surface area (TPSA) is 120 Å². The Morgan fingerprint density at radius 2 is 1.67 bits per heavy atom. The molecular formula is C47H72N2O6. The number of benzene rings is 2. The molecule has 0 spiro atoms. The molecule has 8 nitrogen and oxygen atoms in total. The third-order valence-corrected chi connectivity index (χ3v) is 10.1. The highest BCUT2D eigenvalue weighted by atomic mass is 17.1. The van der Waals surface area contributed by atoms with Gasteiger partial charge in [-0.2, -0.15) is 0 Å². The number of Topliss-reactive ketones (excluding diaryl/α,β-unsaturated/α-hetero) is 2. The van der Waals surface area contributed by atoms with Crippen LogP contribution in [0.25, 0.3) is 0 Å². The maximum Gasteiger partial charge on any atom is 0.161 e. The Morgan fingerprint density at radius 1 is 1.02 bits per heavy atom. The number of carbonyl (C=O) groups excluding carboxylic acids is 2. The average Bonchev–Trinajstić information content (AvgIpc) is 3.38. The number of hydrogen-bond donors (Lipinski definition) is 3. The van der Waals surface area contributed by atoms with Crippen LogP contribution in [0.4, 0.5) is 0 Å². The molecule has 0 saturated heterocycles. The second-order valence-electron chi connectivity index (χ2n) is 16.7. The highest BCUT2D eigenvalue weighted by molar-refractivity contribution is 5.88. The van der Waals surface area contributed by atoms with Gasteiger partial charge in [-0.25, -0.2) is 4.89 Å². The number of rotatable bonds is 20. The van der Waals surface area contributed by atoms with Crippen LogP contribution in [0.15, 0.2) is 90.2 Å². The SMILES string of the molecule is C=C(N[C@H](COCc1ccccc1)C(=O)CC(=C/C)/C(C)=C\CC(C(=O)[C@@H]1CCCC(C)CC1)c1ccc(OCCCC)cc1)C(C)(C)N.CC(C)(C)OO. The summed E-state index contributed by atoms with van der Waals surface area (Å²) in [6.07, 6.45) is 12.4. The van der Waals surface area contributed by atoms with E-state index in [1.807, 2.05) is 76.2 Å². The third kappa shape index (κ3) is 18.3. The Kier molecular flexibility index (Phi) is 20.9. The largest absolute Gasteiger partial charge is 0.494 e. The minimum absolute atomic E-state index is 0.00169. The summed E-state index contributed by atoms with van der Waals surface area (Å²) in [7, 11) is 0. The molecule has 0 bridgehead atoms. The van der Waals surface area contributed by atoms with Gasteiger partial charge in [-0.1, -0.05) is 106 Å². The first-order valence-electron chi connectivity index (χ1n) is 20.3. The Hall–Kier alpha value is -3.56. The van der Waals surface area contributed by atoms with Crippen LogP contribution in [0.5, 0.6) is 5.75 Å². The molecule has 4 atom stereocenters. The van der Waals surface area contributed by atoms with E-state index < -0.39 is 17.2 Å². The van der Waals surface area contributed by atoms with Crippen molar-refractivity contribution in [2.24, 2.45) is 17.6 Å². The first-order chi connectivity index (χ1) is 26.0. The van der Waals surface area contributed by atoms with Crippen LogP contribution in [-0.2, 0) is 25.8 Å². The monoisotopic (exact) mass is 761 g/mol. The normalized spacial score (nSPS) is 17.9. The van der Waals surface area contributed by atoms with Crippen LogP contribution < -0.4 is 15.8 Å².